The van der Waals surface area contributed by atoms with Crippen molar-refractivity contribution in [3.8, 4) is 11.9 Å². The number of alkyl halides is 2. The molecular formula is C15H13F2N3O3S. The van der Waals surface area contributed by atoms with E-state index in [1.807, 2.05) is 6.07 Å². The summed E-state index contributed by atoms with van der Waals surface area (Å²) in [6, 6.07) is 11.6. The molecule has 0 unspecified atom stereocenters. The van der Waals surface area contributed by atoms with Gasteiger partial charge in [-0.3, -0.25) is 0 Å². The zero-order chi connectivity index (χ0) is 17.7. The van der Waals surface area contributed by atoms with Gasteiger partial charge in [0.2, 0.25) is 15.9 Å². The van der Waals surface area contributed by atoms with E-state index in [0.717, 1.165) is 4.31 Å². The van der Waals surface area contributed by atoms with Gasteiger partial charge in [-0.15, -0.1) is 0 Å². The maximum absolute atomic E-state index is 12.5. The van der Waals surface area contributed by atoms with E-state index in [9.17, 15) is 17.2 Å². The van der Waals surface area contributed by atoms with Crippen molar-refractivity contribution in [3.05, 3.63) is 53.7 Å². The summed E-state index contributed by atoms with van der Waals surface area (Å²) in [5, 5.41) is 8.86. The van der Waals surface area contributed by atoms with Crippen LogP contribution in [0.25, 0.3) is 0 Å². The highest BCUT2D eigenvalue weighted by molar-refractivity contribution is 7.89. The second kappa shape index (κ2) is 7.33. The minimum Gasteiger partial charge on any atom is -0.417 e. The summed E-state index contributed by atoms with van der Waals surface area (Å²) < 4.78 is 54.6. The predicted octanol–water partition coefficient (Wildman–Crippen LogP) is 2.38. The number of aromatic nitrogens is 1. The highest BCUT2D eigenvalue weighted by atomic mass is 32.2. The molecule has 6 nitrogen and oxygen atoms in total. The lowest BCUT2D eigenvalue weighted by atomic mass is 10.2. The van der Waals surface area contributed by atoms with E-state index in [-0.39, 0.29) is 28.6 Å². The molecule has 1 aromatic carbocycles. The Hall–Kier alpha value is -2.57. The Bertz CT molecular complexity index is 866. The van der Waals surface area contributed by atoms with Crippen LogP contribution in [0, 0.1) is 11.3 Å². The molecule has 0 atom stereocenters. The Morgan fingerprint density at radius 1 is 1.29 bits per heavy atom. The van der Waals surface area contributed by atoms with Crippen LogP contribution >= 0.6 is 0 Å². The lowest BCUT2D eigenvalue weighted by Crippen LogP contribution is -2.27. The quantitative estimate of drug-likeness (QED) is 0.796. The molecule has 0 saturated carbocycles. The monoisotopic (exact) mass is 353 g/mol. The summed E-state index contributed by atoms with van der Waals surface area (Å²) in [6.07, 6.45) is 0. The van der Waals surface area contributed by atoms with E-state index in [2.05, 4.69) is 9.72 Å². The molecule has 0 fully saturated rings. The van der Waals surface area contributed by atoms with E-state index < -0.39 is 16.6 Å². The molecular weight excluding hydrogens is 340 g/mol. The number of halogens is 2. The Morgan fingerprint density at radius 3 is 2.67 bits per heavy atom. The van der Waals surface area contributed by atoms with Crippen molar-refractivity contribution in [2.75, 3.05) is 7.05 Å². The van der Waals surface area contributed by atoms with Crippen LogP contribution in [0.5, 0.6) is 5.88 Å². The van der Waals surface area contributed by atoms with Gasteiger partial charge in [0.15, 0.2) is 0 Å². The molecule has 0 spiro atoms. The Kier molecular flexibility index (Phi) is 5.43. The smallest absolute Gasteiger partial charge is 0.388 e. The van der Waals surface area contributed by atoms with Crippen molar-refractivity contribution in [3.63, 3.8) is 0 Å². The van der Waals surface area contributed by atoms with Gasteiger partial charge < -0.3 is 4.74 Å². The number of nitriles is 1. The second-order valence-corrected chi connectivity index (χ2v) is 6.79. The Morgan fingerprint density at radius 2 is 2.00 bits per heavy atom. The summed E-state index contributed by atoms with van der Waals surface area (Å²) in [6.45, 7) is -3.15. The number of nitrogens with zero attached hydrogens (tertiary/aromatic N) is 3. The number of ether oxygens (including phenoxy) is 1. The van der Waals surface area contributed by atoms with Gasteiger partial charge in [0, 0.05) is 13.1 Å². The molecule has 2 aromatic rings. The number of hydrogen-bond donors (Lipinski definition) is 0. The zero-order valence-electron chi connectivity index (χ0n) is 12.6. The van der Waals surface area contributed by atoms with Crippen molar-refractivity contribution < 1.29 is 21.9 Å². The van der Waals surface area contributed by atoms with Crippen LogP contribution in [0.4, 0.5) is 8.78 Å². The molecule has 0 amide bonds. The summed E-state index contributed by atoms with van der Waals surface area (Å²) in [5.41, 5.74) is 0.464. The van der Waals surface area contributed by atoms with E-state index in [0.29, 0.717) is 0 Å². The molecule has 126 valence electrons. The third kappa shape index (κ3) is 4.24. The van der Waals surface area contributed by atoms with E-state index >= 15 is 0 Å². The average molecular weight is 353 g/mol. The van der Waals surface area contributed by atoms with E-state index in [1.54, 1.807) is 0 Å². The average Bonchev–Trinajstić information content (AvgIpc) is 2.54. The predicted molar refractivity (Wildman–Crippen MR) is 80.7 cm³/mol. The van der Waals surface area contributed by atoms with Crippen LogP contribution in [0.1, 0.15) is 11.3 Å². The van der Waals surface area contributed by atoms with Crippen LogP contribution in [0.15, 0.2) is 47.4 Å². The van der Waals surface area contributed by atoms with Gasteiger partial charge in [0.05, 0.1) is 28.8 Å². The van der Waals surface area contributed by atoms with Gasteiger partial charge in [-0.25, -0.2) is 13.4 Å². The summed E-state index contributed by atoms with van der Waals surface area (Å²) >= 11 is 0. The van der Waals surface area contributed by atoms with Crippen LogP contribution in [-0.4, -0.2) is 31.4 Å². The van der Waals surface area contributed by atoms with Crippen molar-refractivity contribution in [2.24, 2.45) is 0 Å². The first kappa shape index (κ1) is 17.8. The Balaban J connectivity index is 2.22. The first-order valence-electron chi connectivity index (χ1n) is 6.70. The molecule has 0 aliphatic rings. The molecule has 1 aromatic heterocycles. The zero-order valence-corrected chi connectivity index (χ0v) is 13.4. The molecule has 1 heterocycles. The van der Waals surface area contributed by atoms with Gasteiger partial charge >= 0.3 is 6.61 Å². The fraction of sp³-hybridized carbons (Fsp3) is 0.200. The third-order valence-electron chi connectivity index (χ3n) is 3.05. The van der Waals surface area contributed by atoms with Crippen LogP contribution in [-0.2, 0) is 16.6 Å². The van der Waals surface area contributed by atoms with Crippen LogP contribution < -0.4 is 4.74 Å². The van der Waals surface area contributed by atoms with Gasteiger partial charge in [-0.05, 0) is 24.3 Å². The number of hydrogen-bond acceptors (Lipinski definition) is 5. The van der Waals surface area contributed by atoms with Crippen LogP contribution in [0.2, 0.25) is 0 Å². The maximum Gasteiger partial charge on any atom is 0.388 e. The minimum absolute atomic E-state index is 0.0379. The lowest BCUT2D eigenvalue weighted by molar-refractivity contribution is -0.0529. The van der Waals surface area contributed by atoms with E-state index in [1.165, 1.54) is 49.5 Å². The normalized spacial score (nSPS) is 11.5. The topological polar surface area (TPSA) is 83.3 Å². The minimum atomic E-state index is -3.85. The molecule has 0 aliphatic heterocycles. The standard InChI is InChI=1S/C15H13F2N3O3S/c1-20(10-12-5-3-7-14(19-12)23-15(16)17)24(21,22)13-6-2-4-11(8-13)9-18/h2-8,15H,10H2,1H3. The van der Waals surface area contributed by atoms with Gasteiger partial charge in [0.1, 0.15) is 0 Å². The molecule has 0 radical (unpaired) electrons. The summed E-state index contributed by atoms with van der Waals surface area (Å²) in [5.74, 6) is -0.292. The molecule has 0 aliphatic carbocycles. The summed E-state index contributed by atoms with van der Waals surface area (Å²) in [7, 11) is -2.52. The molecule has 9 heteroatoms. The van der Waals surface area contributed by atoms with Gasteiger partial charge in [-0.1, -0.05) is 12.1 Å². The largest absolute Gasteiger partial charge is 0.417 e. The SMILES string of the molecule is CN(Cc1cccc(OC(F)F)n1)S(=O)(=O)c1cccc(C#N)c1. The van der Waals surface area contributed by atoms with Crippen LogP contribution in [0.3, 0.4) is 0 Å². The molecule has 0 N–H and O–H groups in total. The third-order valence-corrected chi connectivity index (χ3v) is 4.85. The number of rotatable bonds is 6. The van der Waals surface area contributed by atoms with Crippen molar-refractivity contribution in [1.29, 1.82) is 5.26 Å². The first-order valence-corrected chi connectivity index (χ1v) is 8.14. The Labute approximate surface area is 138 Å². The number of sulfonamides is 1. The molecule has 24 heavy (non-hydrogen) atoms. The van der Waals surface area contributed by atoms with E-state index in [4.69, 9.17) is 5.26 Å². The number of benzene rings is 1. The fourth-order valence-electron chi connectivity index (χ4n) is 1.92. The lowest BCUT2D eigenvalue weighted by Gasteiger charge is -2.17. The van der Waals surface area contributed by atoms with Crippen molar-refractivity contribution in [1.82, 2.24) is 9.29 Å². The van der Waals surface area contributed by atoms with Crippen molar-refractivity contribution >= 4 is 10.0 Å². The maximum atomic E-state index is 12.5. The summed E-state index contributed by atoms with van der Waals surface area (Å²) in [4.78, 5) is 3.80. The molecule has 0 bridgehead atoms. The highest BCUT2D eigenvalue weighted by Crippen LogP contribution is 2.18. The second-order valence-electron chi connectivity index (χ2n) is 4.75. The van der Waals surface area contributed by atoms with Gasteiger partial charge in [-0.2, -0.15) is 18.3 Å². The highest BCUT2D eigenvalue weighted by Gasteiger charge is 2.22. The molecule has 2 rings (SSSR count). The fourth-order valence-corrected chi connectivity index (χ4v) is 3.11. The van der Waals surface area contributed by atoms with Gasteiger partial charge in [0.25, 0.3) is 0 Å². The number of pyridine rings is 1. The first-order chi connectivity index (χ1) is 11.3. The molecule has 0 saturated heterocycles. The van der Waals surface area contributed by atoms with Crippen molar-refractivity contribution in [2.45, 2.75) is 18.1 Å².